The van der Waals surface area contributed by atoms with Crippen molar-refractivity contribution in [2.45, 2.75) is 51.1 Å². The zero-order valence-electron chi connectivity index (χ0n) is 17.4. The van der Waals surface area contributed by atoms with E-state index in [9.17, 15) is 4.79 Å². The predicted octanol–water partition coefficient (Wildman–Crippen LogP) is 1.33. The Labute approximate surface area is 175 Å². The lowest BCUT2D eigenvalue weighted by molar-refractivity contribution is -0.933. The number of tetrazole rings is 1. The van der Waals surface area contributed by atoms with Crippen LogP contribution in [0, 0.1) is 6.92 Å². The Morgan fingerprint density at radius 2 is 1.97 bits per heavy atom. The molecule has 1 aliphatic carbocycles. The average molecular weight is 410 g/mol. The number of hydrogen-bond donors (Lipinski definition) is 2. The van der Waals surface area contributed by atoms with Crippen LogP contribution in [0.25, 0.3) is 10.9 Å². The van der Waals surface area contributed by atoms with E-state index < -0.39 is 0 Å². The fourth-order valence-corrected chi connectivity index (χ4v) is 4.99. The largest absolute Gasteiger partial charge is 0.370 e. The van der Waals surface area contributed by atoms with Crippen LogP contribution in [0.3, 0.4) is 0 Å². The van der Waals surface area contributed by atoms with Crippen molar-refractivity contribution in [3.63, 3.8) is 0 Å². The van der Waals surface area contributed by atoms with Gasteiger partial charge in [-0.3, -0.25) is 4.79 Å². The van der Waals surface area contributed by atoms with Crippen molar-refractivity contribution in [1.82, 2.24) is 25.2 Å². The molecule has 8 heteroatoms. The van der Waals surface area contributed by atoms with Gasteiger partial charge in [0, 0.05) is 5.52 Å². The van der Waals surface area contributed by atoms with Crippen molar-refractivity contribution in [2.75, 3.05) is 26.3 Å². The molecule has 1 atom stereocenters. The second kappa shape index (κ2) is 8.28. The number of rotatable bonds is 4. The van der Waals surface area contributed by atoms with Gasteiger partial charge in [0.1, 0.15) is 13.1 Å². The van der Waals surface area contributed by atoms with Crippen LogP contribution in [0.4, 0.5) is 0 Å². The summed E-state index contributed by atoms with van der Waals surface area (Å²) in [5.74, 6) is 0.802. The molecule has 1 aromatic carbocycles. The number of H-pyrrole nitrogens is 1. The SMILES string of the molecule is Cc1ccc2cc([C@@H](c3nnnn3C3CCCCC3)[NH+]3CCOCC3)c(=O)[nH]c2c1. The van der Waals surface area contributed by atoms with E-state index >= 15 is 0 Å². The van der Waals surface area contributed by atoms with Crippen LogP contribution in [0.2, 0.25) is 0 Å². The van der Waals surface area contributed by atoms with E-state index in [1.165, 1.54) is 24.2 Å². The molecule has 3 heterocycles. The monoisotopic (exact) mass is 409 g/mol. The zero-order valence-corrected chi connectivity index (χ0v) is 17.4. The van der Waals surface area contributed by atoms with Crippen LogP contribution < -0.4 is 10.5 Å². The third-order valence-electron chi connectivity index (χ3n) is 6.58. The molecule has 8 nitrogen and oxygen atoms in total. The topological polar surface area (TPSA) is 90.1 Å². The molecule has 30 heavy (non-hydrogen) atoms. The summed E-state index contributed by atoms with van der Waals surface area (Å²) in [6, 6.07) is 8.30. The van der Waals surface area contributed by atoms with Crippen LogP contribution >= 0.6 is 0 Å². The van der Waals surface area contributed by atoms with Gasteiger partial charge in [0.25, 0.3) is 5.56 Å². The molecule has 1 aliphatic heterocycles. The maximum absolute atomic E-state index is 13.2. The number of morpholine rings is 1. The summed E-state index contributed by atoms with van der Waals surface area (Å²) < 4.78 is 7.60. The van der Waals surface area contributed by atoms with Crippen molar-refractivity contribution < 1.29 is 9.64 Å². The highest BCUT2D eigenvalue weighted by Crippen LogP contribution is 2.30. The maximum atomic E-state index is 13.2. The first-order valence-corrected chi connectivity index (χ1v) is 11.0. The smallest absolute Gasteiger partial charge is 0.258 e. The minimum absolute atomic E-state index is 0.0599. The molecular weight excluding hydrogens is 380 g/mol. The van der Waals surface area contributed by atoms with Crippen molar-refractivity contribution >= 4 is 10.9 Å². The molecule has 0 spiro atoms. The lowest BCUT2D eigenvalue weighted by atomic mass is 9.95. The van der Waals surface area contributed by atoms with Gasteiger partial charge in [-0.2, -0.15) is 0 Å². The summed E-state index contributed by atoms with van der Waals surface area (Å²) in [6.45, 7) is 5.05. The molecule has 1 saturated carbocycles. The second-order valence-corrected chi connectivity index (χ2v) is 8.62. The maximum Gasteiger partial charge on any atom is 0.258 e. The van der Waals surface area contributed by atoms with Crippen molar-refractivity contribution in [1.29, 1.82) is 0 Å². The van der Waals surface area contributed by atoms with Crippen LogP contribution in [0.5, 0.6) is 0 Å². The van der Waals surface area contributed by atoms with Gasteiger partial charge in [0.15, 0.2) is 6.04 Å². The standard InChI is InChI=1S/C22H28N6O2/c1-15-7-8-16-14-18(22(29)23-19(16)13-15)20(27-9-11-30-12-10-27)21-24-25-26-28(21)17-5-3-2-4-6-17/h7-8,13-14,17,20H,2-6,9-12H2,1H3,(H,23,29)/p+1/t20-/m0/s1. The molecule has 0 unspecified atom stereocenters. The highest BCUT2D eigenvalue weighted by molar-refractivity contribution is 5.79. The summed E-state index contributed by atoms with van der Waals surface area (Å²) in [5, 5.41) is 13.9. The van der Waals surface area contributed by atoms with E-state index in [1.807, 2.05) is 23.7 Å². The van der Waals surface area contributed by atoms with Crippen LogP contribution in [0.15, 0.2) is 29.1 Å². The molecule has 0 bridgehead atoms. The number of benzene rings is 1. The number of pyridine rings is 1. The van der Waals surface area contributed by atoms with Crippen LogP contribution in [0.1, 0.15) is 61.1 Å². The molecular formula is C22H29N6O2+. The molecule has 158 valence electrons. The number of quaternary nitrogens is 1. The zero-order chi connectivity index (χ0) is 20.5. The summed E-state index contributed by atoms with van der Waals surface area (Å²) in [4.78, 5) is 17.6. The van der Waals surface area contributed by atoms with Gasteiger partial charge in [0.05, 0.1) is 24.8 Å². The van der Waals surface area contributed by atoms with Crippen LogP contribution in [-0.4, -0.2) is 51.5 Å². The molecule has 5 rings (SSSR count). The quantitative estimate of drug-likeness (QED) is 0.679. The average Bonchev–Trinajstić information content (AvgIpc) is 3.25. The normalized spacial score (nSPS) is 19.9. The third-order valence-corrected chi connectivity index (χ3v) is 6.58. The molecule has 2 aromatic heterocycles. The molecule has 0 amide bonds. The summed E-state index contributed by atoms with van der Waals surface area (Å²) >= 11 is 0. The number of fused-ring (bicyclic) bond motifs is 1. The Balaban J connectivity index is 1.63. The highest BCUT2D eigenvalue weighted by atomic mass is 16.5. The summed E-state index contributed by atoms with van der Waals surface area (Å²) in [7, 11) is 0. The number of hydrogen-bond acceptors (Lipinski definition) is 5. The number of ether oxygens (including phenoxy) is 1. The first-order chi connectivity index (χ1) is 14.7. The molecule has 3 aromatic rings. The van der Waals surface area contributed by atoms with Crippen LogP contribution in [-0.2, 0) is 4.74 Å². The van der Waals surface area contributed by atoms with Crippen molar-refractivity contribution in [3.8, 4) is 0 Å². The summed E-state index contributed by atoms with van der Waals surface area (Å²) in [6.07, 6.45) is 5.87. The summed E-state index contributed by atoms with van der Waals surface area (Å²) in [5.41, 5.74) is 2.67. The van der Waals surface area contributed by atoms with Gasteiger partial charge in [-0.1, -0.05) is 31.4 Å². The predicted molar refractivity (Wildman–Crippen MR) is 113 cm³/mol. The lowest BCUT2D eigenvalue weighted by Crippen LogP contribution is -3.14. The molecule has 2 aliphatic rings. The third kappa shape index (κ3) is 3.65. The number of nitrogens with zero attached hydrogens (tertiary/aromatic N) is 4. The van der Waals surface area contributed by atoms with Crippen molar-refractivity contribution in [3.05, 3.63) is 51.6 Å². The lowest BCUT2D eigenvalue weighted by Gasteiger charge is -2.32. The number of nitrogens with one attached hydrogen (secondary N) is 2. The van der Waals surface area contributed by atoms with Gasteiger partial charge in [-0.15, -0.1) is 5.10 Å². The van der Waals surface area contributed by atoms with E-state index in [0.717, 1.165) is 53.8 Å². The van der Waals surface area contributed by atoms with E-state index in [1.54, 1.807) is 0 Å². The molecule has 1 saturated heterocycles. The fraction of sp³-hybridized carbons (Fsp3) is 0.545. The minimum Gasteiger partial charge on any atom is -0.370 e. The van der Waals surface area contributed by atoms with E-state index in [2.05, 4.69) is 32.6 Å². The number of aryl methyl sites for hydroxylation is 1. The molecule has 2 fully saturated rings. The first-order valence-electron chi connectivity index (χ1n) is 11.0. The Hall–Kier alpha value is -2.58. The fourth-order valence-electron chi connectivity index (χ4n) is 4.99. The van der Waals surface area contributed by atoms with Gasteiger partial charge in [0.2, 0.25) is 5.82 Å². The Bertz CT molecular complexity index is 1080. The van der Waals surface area contributed by atoms with E-state index in [4.69, 9.17) is 4.74 Å². The second-order valence-electron chi connectivity index (χ2n) is 8.62. The van der Waals surface area contributed by atoms with Gasteiger partial charge in [-0.25, -0.2) is 4.68 Å². The van der Waals surface area contributed by atoms with Gasteiger partial charge >= 0.3 is 0 Å². The Morgan fingerprint density at radius 1 is 1.17 bits per heavy atom. The Morgan fingerprint density at radius 3 is 2.77 bits per heavy atom. The van der Waals surface area contributed by atoms with E-state index in [-0.39, 0.29) is 11.6 Å². The minimum atomic E-state index is -0.208. The first kappa shape index (κ1) is 19.4. The number of aromatic amines is 1. The Kier molecular flexibility index (Phi) is 5.35. The van der Waals surface area contributed by atoms with Gasteiger partial charge < -0.3 is 14.6 Å². The molecule has 0 radical (unpaired) electrons. The van der Waals surface area contributed by atoms with Crippen molar-refractivity contribution in [2.24, 2.45) is 0 Å². The molecule has 2 N–H and O–H groups in total. The highest BCUT2D eigenvalue weighted by Gasteiger charge is 2.36. The van der Waals surface area contributed by atoms with Gasteiger partial charge in [-0.05, 0) is 53.3 Å². The van der Waals surface area contributed by atoms with E-state index in [0.29, 0.717) is 19.3 Å². The number of aromatic nitrogens is 5.